The van der Waals surface area contributed by atoms with Crippen LogP contribution in [0.3, 0.4) is 0 Å². The molecule has 0 aromatic carbocycles. The van der Waals surface area contributed by atoms with E-state index in [0.717, 1.165) is 13.0 Å². The standard InChI is InChI=1S/C16H28N4O6/c1-3-9(2)13(15(24)19-11(8-21)16(25)26)20-12(22)7-18-14(23)10-5-4-6-17-10/h9-11,13,17,21H,3-8H2,1-2H3,(H,18,23)(H,19,24)(H,20,22)(H,25,26). The highest BCUT2D eigenvalue weighted by atomic mass is 16.4. The van der Waals surface area contributed by atoms with Gasteiger partial charge < -0.3 is 31.5 Å². The number of carboxylic acid groups (broad SMARTS) is 1. The van der Waals surface area contributed by atoms with Crippen LogP contribution in [0.1, 0.15) is 33.1 Å². The zero-order valence-electron chi connectivity index (χ0n) is 15.1. The summed E-state index contributed by atoms with van der Waals surface area (Å²) < 4.78 is 0. The van der Waals surface area contributed by atoms with E-state index in [-0.39, 0.29) is 24.4 Å². The van der Waals surface area contributed by atoms with E-state index in [0.29, 0.717) is 12.8 Å². The van der Waals surface area contributed by atoms with Crippen molar-refractivity contribution >= 4 is 23.7 Å². The summed E-state index contributed by atoms with van der Waals surface area (Å²) in [5, 5.41) is 28.2. The maximum atomic E-state index is 12.3. The van der Waals surface area contributed by atoms with E-state index in [2.05, 4.69) is 21.3 Å². The highest BCUT2D eigenvalue weighted by molar-refractivity contribution is 5.92. The fraction of sp³-hybridized carbons (Fsp3) is 0.750. The Labute approximate surface area is 152 Å². The van der Waals surface area contributed by atoms with E-state index in [4.69, 9.17) is 10.2 Å². The van der Waals surface area contributed by atoms with Crippen LogP contribution in [0, 0.1) is 5.92 Å². The fourth-order valence-electron chi connectivity index (χ4n) is 2.57. The number of hydrogen-bond donors (Lipinski definition) is 6. The molecule has 1 aliphatic heterocycles. The Morgan fingerprint density at radius 2 is 1.92 bits per heavy atom. The van der Waals surface area contributed by atoms with Crippen LogP contribution in [-0.2, 0) is 19.2 Å². The number of aliphatic carboxylic acids is 1. The number of rotatable bonds is 10. The quantitative estimate of drug-likeness (QED) is 0.258. The Balaban J connectivity index is 2.59. The van der Waals surface area contributed by atoms with Gasteiger partial charge in [-0.15, -0.1) is 0 Å². The molecule has 0 aliphatic carbocycles. The second-order valence-electron chi connectivity index (χ2n) is 6.38. The number of carbonyl (C=O) groups excluding carboxylic acids is 3. The molecule has 26 heavy (non-hydrogen) atoms. The third-order valence-electron chi connectivity index (χ3n) is 4.41. The molecule has 3 amide bonds. The van der Waals surface area contributed by atoms with Crippen molar-refractivity contribution in [3.8, 4) is 0 Å². The van der Waals surface area contributed by atoms with Gasteiger partial charge in [0, 0.05) is 0 Å². The van der Waals surface area contributed by atoms with Gasteiger partial charge in [-0.3, -0.25) is 14.4 Å². The van der Waals surface area contributed by atoms with Crippen LogP contribution in [0.5, 0.6) is 0 Å². The summed E-state index contributed by atoms with van der Waals surface area (Å²) in [4.78, 5) is 47.2. The van der Waals surface area contributed by atoms with Gasteiger partial charge in [-0.25, -0.2) is 4.79 Å². The summed E-state index contributed by atoms with van der Waals surface area (Å²) in [6.07, 6.45) is 2.17. The summed E-state index contributed by atoms with van der Waals surface area (Å²) in [5.41, 5.74) is 0. The number of amides is 3. The Morgan fingerprint density at radius 3 is 2.42 bits per heavy atom. The largest absolute Gasteiger partial charge is 0.480 e. The van der Waals surface area contributed by atoms with Crippen LogP contribution in [0.15, 0.2) is 0 Å². The number of aliphatic hydroxyl groups excluding tert-OH is 1. The number of hydrogen-bond acceptors (Lipinski definition) is 6. The van der Waals surface area contributed by atoms with Crippen LogP contribution >= 0.6 is 0 Å². The molecule has 0 bridgehead atoms. The maximum Gasteiger partial charge on any atom is 0.328 e. The first-order chi connectivity index (χ1) is 12.3. The van der Waals surface area contributed by atoms with Gasteiger partial charge in [-0.2, -0.15) is 0 Å². The third-order valence-corrected chi connectivity index (χ3v) is 4.41. The average Bonchev–Trinajstić information content (AvgIpc) is 3.15. The first-order valence-electron chi connectivity index (χ1n) is 8.74. The number of aliphatic hydroxyl groups is 1. The van der Waals surface area contributed by atoms with Gasteiger partial charge in [0.05, 0.1) is 19.2 Å². The van der Waals surface area contributed by atoms with Crippen LogP contribution in [-0.4, -0.2) is 71.7 Å². The zero-order valence-corrected chi connectivity index (χ0v) is 15.1. The molecule has 6 N–H and O–H groups in total. The van der Waals surface area contributed by atoms with Gasteiger partial charge in [-0.05, 0) is 25.3 Å². The first kappa shape index (κ1) is 21.8. The molecule has 1 heterocycles. The minimum Gasteiger partial charge on any atom is -0.480 e. The van der Waals surface area contributed by atoms with E-state index in [1.54, 1.807) is 6.92 Å². The van der Waals surface area contributed by atoms with E-state index in [1.807, 2.05) is 6.92 Å². The summed E-state index contributed by atoms with van der Waals surface area (Å²) in [5.74, 6) is -3.15. The lowest BCUT2D eigenvalue weighted by Gasteiger charge is -2.25. The van der Waals surface area contributed by atoms with Gasteiger partial charge in [-0.1, -0.05) is 20.3 Å². The van der Waals surface area contributed by atoms with Crippen molar-refractivity contribution in [3.63, 3.8) is 0 Å². The van der Waals surface area contributed by atoms with E-state index in [1.165, 1.54) is 0 Å². The highest BCUT2D eigenvalue weighted by Gasteiger charge is 2.30. The minimum absolute atomic E-state index is 0.265. The van der Waals surface area contributed by atoms with Gasteiger partial charge in [0.1, 0.15) is 12.1 Å². The molecule has 148 valence electrons. The summed E-state index contributed by atoms with van der Waals surface area (Å²) in [6, 6.07) is -2.72. The Morgan fingerprint density at radius 1 is 1.23 bits per heavy atom. The highest BCUT2D eigenvalue weighted by Crippen LogP contribution is 2.08. The molecule has 1 aliphatic rings. The Kier molecular flexibility index (Phi) is 9.00. The molecule has 0 aromatic heterocycles. The molecule has 1 fully saturated rings. The van der Waals surface area contributed by atoms with E-state index >= 15 is 0 Å². The van der Waals surface area contributed by atoms with E-state index in [9.17, 15) is 19.2 Å². The second-order valence-corrected chi connectivity index (χ2v) is 6.38. The van der Waals surface area contributed by atoms with Gasteiger partial charge in [0.15, 0.2) is 0 Å². The van der Waals surface area contributed by atoms with Crippen LogP contribution in [0.4, 0.5) is 0 Å². The Hall–Kier alpha value is -2.20. The van der Waals surface area contributed by atoms with Crippen LogP contribution < -0.4 is 21.3 Å². The van der Waals surface area contributed by atoms with Crippen LogP contribution in [0.25, 0.3) is 0 Å². The SMILES string of the molecule is CCC(C)C(NC(=O)CNC(=O)C1CCCN1)C(=O)NC(CO)C(=O)O. The first-order valence-corrected chi connectivity index (χ1v) is 8.74. The summed E-state index contributed by atoms with van der Waals surface area (Å²) in [6.45, 7) is 3.29. The topological polar surface area (TPSA) is 157 Å². The molecule has 0 spiro atoms. The van der Waals surface area contributed by atoms with Crippen molar-refractivity contribution < 1.29 is 29.4 Å². The number of nitrogens with one attached hydrogen (secondary N) is 4. The lowest BCUT2D eigenvalue weighted by molar-refractivity contribution is -0.143. The normalized spacial score (nSPS) is 19.9. The molecule has 0 saturated carbocycles. The molecule has 0 radical (unpaired) electrons. The third kappa shape index (κ3) is 6.60. The predicted molar refractivity (Wildman–Crippen MR) is 92.1 cm³/mol. The van der Waals surface area contributed by atoms with Crippen LogP contribution in [0.2, 0.25) is 0 Å². The lowest BCUT2D eigenvalue weighted by Crippen LogP contribution is -2.56. The molecule has 4 unspecified atom stereocenters. The van der Waals surface area contributed by atoms with E-state index < -0.39 is 36.5 Å². The average molecular weight is 372 g/mol. The molecule has 4 atom stereocenters. The second kappa shape index (κ2) is 10.7. The minimum atomic E-state index is -1.45. The monoisotopic (exact) mass is 372 g/mol. The van der Waals surface area contributed by atoms with Gasteiger partial charge >= 0.3 is 5.97 Å². The van der Waals surface area contributed by atoms with Crippen molar-refractivity contribution in [1.29, 1.82) is 0 Å². The van der Waals surface area contributed by atoms with Gasteiger partial charge in [0.2, 0.25) is 17.7 Å². The molecule has 1 rings (SSSR count). The molecule has 10 heteroatoms. The van der Waals surface area contributed by atoms with Crippen molar-refractivity contribution in [1.82, 2.24) is 21.3 Å². The zero-order chi connectivity index (χ0) is 19.7. The lowest BCUT2D eigenvalue weighted by atomic mass is 9.98. The summed E-state index contributed by atoms with van der Waals surface area (Å²) in [7, 11) is 0. The summed E-state index contributed by atoms with van der Waals surface area (Å²) >= 11 is 0. The number of carbonyl (C=O) groups is 4. The van der Waals surface area contributed by atoms with Gasteiger partial charge in [0.25, 0.3) is 0 Å². The molecule has 10 nitrogen and oxygen atoms in total. The Bertz CT molecular complexity index is 521. The molecule has 0 aromatic rings. The smallest absolute Gasteiger partial charge is 0.328 e. The molecular weight excluding hydrogens is 344 g/mol. The van der Waals surface area contributed by atoms with Crippen molar-refractivity contribution in [2.75, 3.05) is 19.7 Å². The fourth-order valence-corrected chi connectivity index (χ4v) is 2.57. The predicted octanol–water partition coefficient (Wildman–Crippen LogP) is -2.05. The molecule has 1 saturated heterocycles. The molecular formula is C16H28N4O6. The number of carboxylic acids is 1. The maximum absolute atomic E-state index is 12.3. The van der Waals surface area contributed by atoms with Crippen molar-refractivity contribution in [2.24, 2.45) is 5.92 Å². The van der Waals surface area contributed by atoms with Crippen molar-refractivity contribution in [3.05, 3.63) is 0 Å². The van der Waals surface area contributed by atoms with Crippen molar-refractivity contribution in [2.45, 2.75) is 51.2 Å².